The van der Waals surface area contributed by atoms with Gasteiger partial charge in [-0.15, -0.1) is 0 Å². The number of fused-ring (bicyclic) bond motifs is 1. The molecule has 0 spiro atoms. The van der Waals surface area contributed by atoms with Gasteiger partial charge in [0.05, 0.1) is 19.6 Å². The van der Waals surface area contributed by atoms with Gasteiger partial charge in [0.1, 0.15) is 17.0 Å². The van der Waals surface area contributed by atoms with Crippen LogP contribution in [-0.2, 0) is 6.42 Å². The number of pyridine rings is 1. The molecule has 0 saturated carbocycles. The van der Waals surface area contributed by atoms with Crippen molar-refractivity contribution in [2.24, 2.45) is 0 Å². The Labute approximate surface area is 120 Å². The highest BCUT2D eigenvalue weighted by atomic mass is 16.5. The van der Waals surface area contributed by atoms with Gasteiger partial charge in [0, 0.05) is 17.9 Å². The predicted molar refractivity (Wildman–Crippen MR) is 83.0 cm³/mol. The SMILES string of the molecule is CCCNc1cc(CC)nc2c(OC)ccc(OC)c12. The largest absolute Gasteiger partial charge is 0.496 e. The van der Waals surface area contributed by atoms with Gasteiger partial charge < -0.3 is 14.8 Å². The highest BCUT2D eigenvalue weighted by Crippen LogP contribution is 2.37. The van der Waals surface area contributed by atoms with Gasteiger partial charge in [-0.05, 0) is 31.0 Å². The minimum Gasteiger partial charge on any atom is -0.496 e. The van der Waals surface area contributed by atoms with Gasteiger partial charge in [-0.1, -0.05) is 13.8 Å². The maximum Gasteiger partial charge on any atom is 0.145 e. The molecule has 108 valence electrons. The smallest absolute Gasteiger partial charge is 0.145 e. The third kappa shape index (κ3) is 2.64. The molecular weight excluding hydrogens is 252 g/mol. The predicted octanol–water partition coefficient (Wildman–Crippen LogP) is 3.64. The van der Waals surface area contributed by atoms with Crippen molar-refractivity contribution < 1.29 is 9.47 Å². The summed E-state index contributed by atoms with van der Waals surface area (Å²) in [4.78, 5) is 4.70. The van der Waals surface area contributed by atoms with E-state index in [4.69, 9.17) is 14.5 Å². The van der Waals surface area contributed by atoms with Gasteiger partial charge in [-0.25, -0.2) is 4.98 Å². The molecule has 0 fully saturated rings. The number of aromatic nitrogens is 1. The van der Waals surface area contributed by atoms with E-state index in [9.17, 15) is 0 Å². The van der Waals surface area contributed by atoms with E-state index in [0.717, 1.165) is 53.2 Å². The lowest BCUT2D eigenvalue weighted by Gasteiger charge is -2.15. The second-order valence-electron chi connectivity index (χ2n) is 4.64. The molecule has 0 saturated heterocycles. The molecule has 0 aliphatic heterocycles. The van der Waals surface area contributed by atoms with E-state index >= 15 is 0 Å². The maximum atomic E-state index is 5.49. The monoisotopic (exact) mass is 274 g/mol. The van der Waals surface area contributed by atoms with Crippen LogP contribution in [0, 0.1) is 0 Å². The number of hydrogen-bond acceptors (Lipinski definition) is 4. The van der Waals surface area contributed by atoms with E-state index in [0.29, 0.717) is 0 Å². The maximum absolute atomic E-state index is 5.49. The Hall–Kier alpha value is -1.97. The lowest BCUT2D eigenvalue weighted by Crippen LogP contribution is -2.04. The molecule has 0 unspecified atom stereocenters. The fourth-order valence-electron chi connectivity index (χ4n) is 2.25. The van der Waals surface area contributed by atoms with Crippen molar-refractivity contribution in [1.29, 1.82) is 0 Å². The Morgan fingerprint density at radius 1 is 1.10 bits per heavy atom. The van der Waals surface area contributed by atoms with Crippen molar-refractivity contribution in [1.82, 2.24) is 4.98 Å². The molecule has 1 heterocycles. The number of nitrogens with zero attached hydrogens (tertiary/aromatic N) is 1. The number of aryl methyl sites for hydroxylation is 1. The lowest BCUT2D eigenvalue weighted by molar-refractivity contribution is 0.410. The van der Waals surface area contributed by atoms with Gasteiger partial charge in [0.25, 0.3) is 0 Å². The number of hydrogen-bond donors (Lipinski definition) is 1. The Bertz CT molecular complexity index is 597. The molecule has 2 rings (SSSR count). The number of nitrogens with one attached hydrogen (secondary N) is 1. The van der Waals surface area contributed by atoms with E-state index in [1.54, 1.807) is 14.2 Å². The van der Waals surface area contributed by atoms with Crippen molar-refractivity contribution in [3.63, 3.8) is 0 Å². The summed E-state index contributed by atoms with van der Waals surface area (Å²) in [5.41, 5.74) is 2.96. The van der Waals surface area contributed by atoms with Crippen LogP contribution >= 0.6 is 0 Å². The van der Waals surface area contributed by atoms with Crippen LogP contribution in [0.3, 0.4) is 0 Å². The van der Waals surface area contributed by atoms with Gasteiger partial charge in [-0.3, -0.25) is 0 Å². The van der Waals surface area contributed by atoms with E-state index in [1.807, 2.05) is 12.1 Å². The second-order valence-corrected chi connectivity index (χ2v) is 4.64. The summed E-state index contributed by atoms with van der Waals surface area (Å²) in [5, 5.41) is 4.45. The zero-order valence-corrected chi connectivity index (χ0v) is 12.6. The van der Waals surface area contributed by atoms with Crippen molar-refractivity contribution in [2.45, 2.75) is 26.7 Å². The van der Waals surface area contributed by atoms with Gasteiger partial charge in [-0.2, -0.15) is 0 Å². The lowest BCUT2D eigenvalue weighted by atomic mass is 10.1. The summed E-state index contributed by atoms with van der Waals surface area (Å²) in [6.45, 7) is 5.17. The van der Waals surface area contributed by atoms with Gasteiger partial charge in [0.15, 0.2) is 0 Å². The molecule has 1 aromatic heterocycles. The van der Waals surface area contributed by atoms with Crippen LogP contribution in [0.25, 0.3) is 10.9 Å². The second kappa shape index (κ2) is 6.46. The Kier molecular flexibility index (Phi) is 4.66. The fraction of sp³-hybridized carbons (Fsp3) is 0.438. The third-order valence-electron chi connectivity index (χ3n) is 3.31. The van der Waals surface area contributed by atoms with Gasteiger partial charge in [0.2, 0.25) is 0 Å². The molecule has 1 N–H and O–H groups in total. The molecule has 0 amide bonds. The molecular formula is C16H22N2O2. The minimum atomic E-state index is 0.774. The molecule has 0 aliphatic rings. The first-order valence-corrected chi connectivity index (χ1v) is 7.03. The molecule has 4 heteroatoms. The zero-order valence-electron chi connectivity index (χ0n) is 12.6. The van der Waals surface area contributed by atoms with Crippen LogP contribution in [0.2, 0.25) is 0 Å². The number of anilines is 1. The summed E-state index contributed by atoms with van der Waals surface area (Å²) >= 11 is 0. The van der Waals surface area contributed by atoms with Crippen LogP contribution in [0.15, 0.2) is 18.2 Å². The van der Waals surface area contributed by atoms with Crippen molar-refractivity contribution in [3.05, 3.63) is 23.9 Å². The molecule has 0 radical (unpaired) electrons. The average Bonchev–Trinajstić information content (AvgIpc) is 2.50. The zero-order chi connectivity index (χ0) is 14.5. The van der Waals surface area contributed by atoms with Crippen LogP contribution in [-0.4, -0.2) is 25.7 Å². The molecule has 0 aliphatic carbocycles. The van der Waals surface area contributed by atoms with E-state index in [1.165, 1.54) is 0 Å². The third-order valence-corrected chi connectivity index (χ3v) is 3.31. The molecule has 2 aromatic rings. The van der Waals surface area contributed by atoms with Crippen molar-refractivity contribution in [2.75, 3.05) is 26.1 Å². The molecule has 0 bridgehead atoms. The quantitative estimate of drug-likeness (QED) is 0.873. The van der Waals surface area contributed by atoms with Crippen molar-refractivity contribution >= 4 is 16.6 Å². The summed E-state index contributed by atoms with van der Waals surface area (Å²) < 4.78 is 10.9. The molecule has 1 aromatic carbocycles. The first kappa shape index (κ1) is 14.4. The standard InChI is InChI=1S/C16H22N2O2/c1-5-9-17-12-10-11(6-2)18-16-14(20-4)8-7-13(19-3)15(12)16/h7-8,10H,5-6,9H2,1-4H3,(H,17,18). The number of benzene rings is 1. The first-order chi connectivity index (χ1) is 9.74. The molecule has 4 nitrogen and oxygen atoms in total. The summed E-state index contributed by atoms with van der Waals surface area (Å²) in [5.74, 6) is 1.59. The highest BCUT2D eigenvalue weighted by molar-refractivity contribution is 6.00. The molecule has 0 atom stereocenters. The minimum absolute atomic E-state index is 0.774. The number of rotatable bonds is 6. The van der Waals surface area contributed by atoms with Crippen LogP contribution in [0.4, 0.5) is 5.69 Å². The van der Waals surface area contributed by atoms with E-state index in [2.05, 4.69) is 25.2 Å². The Balaban J connectivity index is 2.72. The molecule has 20 heavy (non-hydrogen) atoms. The summed E-state index contributed by atoms with van der Waals surface area (Å²) in [6, 6.07) is 5.92. The summed E-state index contributed by atoms with van der Waals surface area (Å²) in [7, 11) is 3.35. The van der Waals surface area contributed by atoms with Crippen LogP contribution < -0.4 is 14.8 Å². The van der Waals surface area contributed by atoms with Crippen molar-refractivity contribution in [3.8, 4) is 11.5 Å². The number of ether oxygens (including phenoxy) is 2. The Morgan fingerprint density at radius 3 is 2.40 bits per heavy atom. The summed E-state index contributed by atoms with van der Waals surface area (Å²) in [6.07, 6.45) is 1.95. The number of methoxy groups -OCH3 is 2. The fourth-order valence-corrected chi connectivity index (χ4v) is 2.25. The van der Waals surface area contributed by atoms with E-state index in [-0.39, 0.29) is 0 Å². The van der Waals surface area contributed by atoms with Gasteiger partial charge >= 0.3 is 0 Å². The van der Waals surface area contributed by atoms with E-state index < -0.39 is 0 Å². The topological polar surface area (TPSA) is 43.4 Å². The Morgan fingerprint density at radius 2 is 1.80 bits per heavy atom. The normalized spacial score (nSPS) is 10.6. The van der Waals surface area contributed by atoms with Crippen LogP contribution in [0.5, 0.6) is 11.5 Å². The first-order valence-electron chi connectivity index (χ1n) is 7.03. The highest BCUT2D eigenvalue weighted by Gasteiger charge is 2.14. The van der Waals surface area contributed by atoms with Crippen LogP contribution in [0.1, 0.15) is 26.0 Å². The average molecular weight is 274 g/mol.